The van der Waals surface area contributed by atoms with Crippen molar-refractivity contribution in [3.05, 3.63) is 71.8 Å². The van der Waals surface area contributed by atoms with E-state index in [1.165, 1.54) is 10.8 Å². The summed E-state index contributed by atoms with van der Waals surface area (Å²) in [5.74, 6) is 0. The first-order valence-electron chi connectivity index (χ1n) is 8.39. The van der Waals surface area contributed by atoms with Crippen LogP contribution in [0.3, 0.4) is 0 Å². The lowest BCUT2D eigenvalue weighted by atomic mass is 9.99. The predicted octanol–water partition coefficient (Wildman–Crippen LogP) is 6.96. The Bertz CT molecular complexity index is 1500. The molecule has 0 bridgehead atoms. The van der Waals surface area contributed by atoms with Gasteiger partial charge in [-0.2, -0.15) is 0 Å². The quantitative estimate of drug-likeness (QED) is 0.270. The Morgan fingerprint density at radius 2 is 1.15 bits per heavy atom. The van der Waals surface area contributed by atoms with E-state index in [0.29, 0.717) is 0 Å². The molecule has 0 saturated heterocycles. The first-order valence-corrected chi connectivity index (χ1v) is 9.58. The van der Waals surface area contributed by atoms with E-state index in [4.69, 9.17) is 21.6 Å². The lowest BCUT2D eigenvalue weighted by Crippen LogP contribution is -1.89. The van der Waals surface area contributed by atoms with Gasteiger partial charge in [-0.15, -0.1) is 11.3 Å². The third-order valence-corrected chi connectivity index (χ3v) is 6.49. The largest absolute Gasteiger partial charge is 0.242 e. The molecule has 4 heteroatoms. The van der Waals surface area contributed by atoms with Crippen LogP contribution in [-0.2, 0) is 0 Å². The second-order valence-corrected chi connectivity index (χ2v) is 7.79. The van der Waals surface area contributed by atoms with Gasteiger partial charge in [0.05, 0.1) is 20.8 Å². The average Bonchev–Trinajstić information content (AvgIpc) is 3.06. The van der Waals surface area contributed by atoms with Crippen molar-refractivity contribution in [2.24, 2.45) is 0 Å². The Labute approximate surface area is 157 Å². The van der Waals surface area contributed by atoms with Crippen molar-refractivity contribution in [1.82, 2.24) is 9.97 Å². The van der Waals surface area contributed by atoms with Crippen molar-refractivity contribution in [3.63, 3.8) is 0 Å². The summed E-state index contributed by atoms with van der Waals surface area (Å²) in [7, 11) is 0. The van der Waals surface area contributed by atoms with E-state index in [2.05, 4.69) is 54.6 Å². The molecule has 6 aromatic rings. The molecule has 26 heavy (non-hydrogen) atoms. The van der Waals surface area contributed by atoms with E-state index in [9.17, 15) is 0 Å². The van der Waals surface area contributed by atoms with Crippen LogP contribution in [0.5, 0.6) is 0 Å². The van der Waals surface area contributed by atoms with E-state index in [1.54, 1.807) is 11.3 Å². The number of thiophene rings is 1. The molecule has 0 aliphatic rings. The molecule has 0 aliphatic heterocycles. The topological polar surface area (TPSA) is 25.8 Å². The first-order chi connectivity index (χ1) is 12.8. The van der Waals surface area contributed by atoms with E-state index < -0.39 is 0 Å². The Morgan fingerprint density at radius 3 is 1.85 bits per heavy atom. The third kappa shape index (κ3) is 1.82. The third-order valence-electron chi connectivity index (χ3n) is 4.94. The fraction of sp³-hybridized carbons (Fsp3) is 0. The smallest absolute Gasteiger partial charge is 0.143 e. The highest BCUT2D eigenvalue weighted by Gasteiger charge is 2.15. The van der Waals surface area contributed by atoms with Crippen LogP contribution in [0, 0.1) is 0 Å². The molecule has 2 heterocycles. The normalized spacial score (nSPS) is 12.0. The maximum absolute atomic E-state index is 6.41. The molecule has 2 nitrogen and oxygen atoms in total. The maximum atomic E-state index is 6.41. The summed E-state index contributed by atoms with van der Waals surface area (Å²) in [6, 6.07) is 22.8. The summed E-state index contributed by atoms with van der Waals surface area (Å²) in [6.45, 7) is 0. The molecule has 0 saturated carbocycles. The number of hydrogen-bond acceptors (Lipinski definition) is 3. The second kappa shape index (κ2) is 5.13. The summed E-state index contributed by atoms with van der Waals surface area (Å²) in [6.07, 6.45) is 0. The molecule has 4 aromatic carbocycles. The van der Waals surface area contributed by atoms with Crippen molar-refractivity contribution in [2.45, 2.75) is 0 Å². The molecule has 0 spiro atoms. The fourth-order valence-corrected chi connectivity index (χ4v) is 5.10. The SMILES string of the molecule is Clc1cccc2c1sc1nc3c4ccccc4c4ccccc4c3nc12. The zero-order chi connectivity index (χ0) is 17.3. The van der Waals surface area contributed by atoms with Crippen LogP contribution in [0.4, 0.5) is 0 Å². The highest BCUT2D eigenvalue weighted by molar-refractivity contribution is 7.26. The molecule has 0 aliphatic carbocycles. The van der Waals surface area contributed by atoms with Gasteiger partial charge >= 0.3 is 0 Å². The second-order valence-electron chi connectivity index (χ2n) is 6.38. The molecule has 0 N–H and O–H groups in total. The zero-order valence-corrected chi connectivity index (χ0v) is 15.1. The minimum absolute atomic E-state index is 0.756. The molecule has 0 fully saturated rings. The maximum Gasteiger partial charge on any atom is 0.143 e. The number of benzene rings is 4. The van der Waals surface area contributed by atoms with Gasteiger partial charge in [-0.3, -0.25) is 0 Å². The van der Waals surface area contributed by atoms with Gasteiger partial charge in [-0.05, 0) is 16.8 Å². The lowest BCUT2D eigenvalue weighted by molar-refractivity contribution is 1.46. The number of rotatable bonds is 0. The number of halogens is 1. The van der Waals surface area contributed by atoms with E-state index >= 15 is 0 Å². The van der Waals surface area contributed by atoms with Crippen molar-refractivity contribution in [1.29, 1.82) is 0 Å². The van der Waals surface area contributed by atoms with Gasteiger partial charge in [0.25, 0.3) is 0 Å². The molecule has 0 radical (unpaired) electrons. The van der Waals surface area contributed by atoms with Crippen LogP contribution in [0.1, 0.15) is 0 Å². The average molecular weight is 371 g/mol. The molecule has 2 aromatic heterocycles. The van der Waals surface area contributed by atoms with Gasteiger partial charge in [0.2, 0.25) is 0 Å². The molecule has 122 valence electrons. The van der Waals surface area contributed by atoms with Crippen LogP contribution in [0.2, 0.25) is 5.02 Å². The molecular weight excluding hydrogens is 360 g/mol. The predicted molar refractivity (Wildman–Crippen MR) is 112 cm³/mol. The van der Waals surface area contributed by atoms with Gasteiger partial charge in [-0.25, -0.2) is 9.97 Å². The Balaban J connectivity index is 1.95. The standard InChI is InChI=1S/C22H11ClN2S/c23-17-11-5-10-16-20-22(26-21(16)17)25-19-15-9-4-2-7-13(15)12-6-1-3-8-14(12)18(19)24-20/h1-11H. The van der Waals surface area contributed by atoms with Crippen molar-refractivity contribution in [2.75, 3.05) is 0 Å². The minimum Gasteiger partial charge on any atom is -0.242 e. The zero-order valence-electron chi connectivity index (χ0n) is 13.5. The highest BCUT2D eigenvalue weighted by Crippen LogP contribution is 2.39. The number of aromatic nitrogens is 2. The summed E-state index contributed by atoms with van der Waals surface area (Å²) >= 11 is 8.02. The summed E-state index contributed by atoms with van der Waals surface area (Å²) in [4.78, 5) is 11.0. The molecule has 6 rings (SSSR count). The summed E-state index contributed by atoms with van der Waals surface area (Å²) in [5.41, 5.74) is 2.83. The van der Waals surface area contributed by atoms with E-state index in [1.807, 2.05) is 12.1 Å². The summed E-state index contributed by atoms with van der Waals surface area (Å²) in [5, 5.41) is 6.52. The Hall–Kier alpha value is -2.75. The van der Waals surface area contributed by atoms with Crippen LogP contribution >= 0.6 is 22.9 Å². The van der Waals surface area contributed by atoms with E-state index in [-0.39, 0.29) is 0 Å². The van der Waals surface area contributed by atoms with E-state index in [0.717, 1.165) is 47.3 Å². The Kier molecular flexibility index (Phi) is 2.85. The molecule has 0 unspecified atom stereocenters. The van der Waals surface area contributed by atoms with Gasteiger partial charge in [0, 0.05) is 16.2 Å². The summed E-state index contributed by atoms with van der Waals surface area (Å²) < 4.78 is 1.05. The lowest BCUT2D eigenvalue weighted by Gasteiger charge is -2.08. The molecule has 0 atom stereocenters. The fourth-order valence-electron chi connectivity index (χ4n) is 3.79. The first kappa shape index (κ1) is 14.4. The number of fused-ring (bicyclic) bond motifs is 9. The van der Waals surface area contributed by atoms with Crippen molar-refractivity contribution >= 4 is 75.9 Å². The number of nitrogens with zero attached hydrogens (tertiary/aromatic N) is 2. The van der Waals surface area contributed by atoms with Crippen LogP contribution in [-0.4, -0.2) is 9.97 Å². The monoisotopic (exact) mass is 370 g/mol. The molecule has 0 amide bonds. The van der Waals surface area contributed by atoms with Crippen molar-refractivity contribution < 1.29 is 0 Å². The Morgan fingerprint density at radius 1 is 0.577 bits per heavy atom. The van der Waals surface area contributed by atoms with Crippen LogP contribution in [0.15, 0.2) is 66.7 Å². The number of hydrogen-bond donors (Lipinski definition) is 0. The van der Waals surface area contributed by atoms with Gasteiger partial charge < -0.3 is 0 Å². The van der Waals surface area contributed by atoms with Crippen molar-refractivity contribution in [3.8, 4) is 0 Å². The van der Waals surface area contributed by atoms with Crippen LogP contribution < -0.4 is 0 Å². The highest BCUT2D eigenvalue weighted by atomic mass is 35.5. The minimum atomic E-state index is 0.756. The molecular formula is C22H11ClN2S. The van der Waals surface area contributed by atoms with Gasteiger partial charge in [-0.1, -0.05) is 72.3 Å². The van der Waals surface area contributed by atoms with Gasteiger partial charge in [0.15, 0.2) is 0 Å². The van der Waals surface area contributed by atoms with Gasteiger partial charge in [0.1, 0.15) is 10.3 Å². The van der Waals surface area contributed by atoms with Crippen LogP contribution in [0.25, 0.3) is 53.0 Å².